The molecule has 0 amide bonds. The first kappa shape index (κ1) is 27.2. The van der Waals surface area contributed by atoms with Crippen LogP contribution in [0.4, 0.5) is 4.39 Å². The van der Waals surface area contributed by atoms with Crippen molar-refractivity contribution in [1.29, 1.82) is 0 Å². The third-order valence-electron chi connectivity index (χ3n) is 8.17. The van der Waals surface area contributed by atoms with Crippen LogP contribution in [-0.4, -0.2) is 0 Å². The second-order valence-electron chi connectivity index (χ2n) is 11.0. The van der Waals surface area contributed by atoms with Crippen LogP contribution in [-0.2, 0) is 12.8 Å². The first-order valence-corrected chi connectivity index (χ1v) is 14.6. The van der Waals surface area contributed by atoms with Crippen molar-refractivity contribution in [3.63, 3.8) is 0 Å². The van der Waals surface area contributed by atoms with Crippen LogP contribution in [0.2, 0.25) is 0 Å². The van der Waals surface area contributed by atoms with E-state index in [1.165, 1.54) is 68.9 Å². The highest BCUT2D eigenvalue weighted by atomic mass is 19.1. The maximum Gasteiger partial charge on any atom is 0.146 e. The van der Waals surface area contributed by atoms with Gasteiger partial charge in [-0.25, -0.2) is 4.39 Å². The molecule has 0 saturated heterocycles. The number of benzene rings is 3. The molecule has 0 radical (unpaired) electrons. The minimum absolute atomic E-state index is 0.207. The largest absolute Gasteiger partial charge is 0.205 e. The van der Waals surface area contributed by atoms with Crippen LogP contribution in [0, 0.1) is 29.5 Å². The van der Waals surface area contributed by atoms with Crippen LogP contribution in [0.15, 0.2) is 66.7 Å². The Morgan fingerprint density at radius 1 is 0.811 bits per heavy atom. The molecule has 3 aromatic rings. The van der Waals surface area contributed by atoms with Crippen molar-refractivity contribution in [3.05, 3.63) is 94.8 Å². The van der Waals surface area contributed by atoms with Gasteiger partial charge in [-0.15, -0.1) is 0 Å². The van der Waals surface area contributed by atoms with Crippen LogP contribution >= 0.6 is 0 Å². The Bertz CT molecular complexity index is 1210. The zero-order chi connectivity index (χ0) is 25.9. The molecule has 0 heterocycles. The summed E-state index contributed by atoms with van der Waals surface area (Å²) in [5.41, 5.74) is 4.00. The van der Waals surface area contributed by atoms with E-state index in [9.17, 15) is 0 Å². The fraction of sp³-hybridized carbons (Fsp3) is 0.444. The summed E-state index contributed by atoms with van der Waals surface area (Å²) in [6.45, 7) is 4.34. The lowest BCUT2D eigenvalue weighted by atomic mass is 9.77. The number of allylic oxidation sites excluding steroid dienone is 2. The monoisotopic (exact) mass is 494 g/mol. The number of halogens is 1. The summed E-state index contributed by atoms with van der Waals surface area (Å²) in [5, 5.41) is 1.65. The van der Waals surface area contributed by atoms with Gasteiger partial charge in [0.15, 0.2) is 0 Å². The van der Waals surface area contributed by atoms with Gasteiger partial charge in [0.2, 0.25) is 0 Å². The second-order valence-corrected chi connectivity index (χ2v) is 11.0. The van der Waals surface area contributed by atoms with Gasteiger partial charge in [0.25, 0.3) is 0 Å². The van der Waals surface area contributed by atoms with Crippen LogP contribution < -0.4 is 0 Å². The zero-order valence-electron chi connectivity index (χ0n) is 22.9. The summed E-state index contributed by atoms with van der Waals surface area (Å²) in [4.78, 5) is 0. The van der Waals surface area contributed by atoms with Crippen molar-refractivity contribution in [2.24, 2.45) is 11.8 Å². The molecule has 3 aromatic carbocycles. The van der Waals surface area contributed by atoms with Crippen LogP contribution in [0.3, 0.4) is 0 Å². The molecular formula is C36H43F. The Hall–Kier alpha value is -2.85. The van der Waals surface area contributed by atoms with Crippen molar-refractivity contribution in [1.82, 2.24) is 0 Å². The van der Waals surface area contributed by atoms with E-state index in [1.54, 1.807) is 0 Å². The highest BCUT2D eigenvalue weighted by Gasteiger charge is 2.20. The van der Waals surface area contributed by atoms with E-state index in [1.807, 2.05) is 37.3 Å². The van der Waals surface area contributed by atoms with Crippen molar-refractivity contribution >= 4 is 10.8 Å². The van der Waals surface area contributed by atoms with Gasteiger partial charge in [0, 0.05) is 10.9 Å². The van der Waals surface area contributed by atoms with Gasteiger partial charge in [-0.05, 0) is 79.2 Å². The summed E-state index contributed by atoms with van der Waals surface area (Å²) in [7, 11) is 0. The molecule has 0 nitrogen and oxygen atoms in total. The normalized spacial score (nSPS) is 17.7. The molecule has 37 heavy (non-hydrogen) atoms. The standard InChI is InChI=1S/C36H43F/c1-3-5-7-9-28-11-15-30(16-12-28)19-20-32-22-26-35-34(27-32)25-24-33(36(35)37)23-21-31-17-13-29(14-18-31)10-8-6-4-2/h4,6,13-14,17-18,22,24-28,30H,3,5,7-12,15-16,19-20H2,1-2H3/b6-4+. The maximum atomic E-state index is 15.3. The summed E-state index contributed by atoms with van der Waals surface area (Å²) < 4.78 is 15.3. The Labute approximate surface area is 224 Å². The molecule has 0 unspecified atom stereocenters. The Morgan fingerprint density at radius 2 is 1.54 bits per heavy atom. The van der Waals surface area contributed by atoms with Gasteiger partial charge in [-0.2, -0.15) is 0 Å². The molecule has 1 aliphatic rings. The smallest absolute Gasteiger partial charge is 0.146 e. The van der Waals surface area contributed by atoms with Gasteiger partial charge < -0.3 is 0 Å². The molecule has 0 spiro atoms. The lowest BCUT2D eigenvalue weighted by Gasteiger charge is -2.28. The lowest BCUT2D eigenvalue weighted by molar-refractivity contribution is 0.249. The molecule has 194 valence electrons. The molecular weight excluding hydrogens is 451 g/mol. The van der Waals surface area contributed by atoms with Gasteiger partial charge in [-0.3, -0.25) is 0 Å². The molecule has 1 heteroatoms. The lowest BCUT2D eigenvalue weighted by Crippen LogP contribution is -2.15. The highest BCUT2D eigenvalue weighted by molar-refractivity contribution is 5.85. The van der Waals surface area contributed by atoms with Crippen molar-refractivity contribution < 1.29 is 4.39 Å². The number of fused-ring (bicyclic) bond motifs is 1. The molecule has 0 bridgehead atoms. The minimum Gasteiger partial charge on any atom is -0.205 e. The third-order valence-corrected chi connectivity index (χ3v) is 8.17. The fourth-order valence-electron chi connectivity index (χ4n) is 5.77. The molecule has 0 atom stereocenters. The van der Waals surface area contributed by atoms with E-state index in [0.717, 1.165) is 42.0 Å². The number of unbranched alkanes of at least 4 members (excludes halogenated alkanes) is 2. The number of aryl methyl sites for hydroxylation is 2. The minimum atomic E-state index is -0.207. The van der Waals surface area contributed by atoms with Crippen LogP contribution in [0.5, 0.6) is 0 Å². The van der Waals surface area contributed by atoms with E-state index in [0.29, 0.717) is 10.9 Å². The van der Waals surface area contributed by atoms with Gasteiger partial charge >= 0.3 is 0 Å². The third kappa shape index (κ3) is 8.07. The van der Waals surface area contributed by atoms with E-state index < -0.39 is 0 Å². The average Bonchev–Trinajstić information content (AvgIpc) is 2.93. The first-order chi connectivity index (χ1) is 18.2. The van der Waals surface area contributed by atoms with E-state index in [4.69, 9.17) is 0 Å². The van der Waals surface area contributed by atoms with E-state index in [-0.39, 0.29) is 5.82 Å². The zero-order valence-corrected chi connectivity index (χ0v) is 22.9. The quantitative estimate of drug-likeness (QED) is 0.149. The van der Waals surface area contributed by atoms with Gasteiger partial charge in [0.1, 0.15) is 5.82 Å². The summed E-state index contributed by atoms with van der Waals surface area (Å²) in [6, 6.07) is 18.4. The molecule has 0 aliphatic heterocycles. The molecule has 1 aliphatic carbocycles. The van der Waals surface area contributed by atoms with Gasteiger partial charge in [0.05, 0.1) is 5.56 Å². The number of rotatable bonds is 10. The predicted octanol–water partition coefficient (Wildman–Crippen LogP) is 10.2. The number of hydrogen-bond donors (Lipinski definition) is 0. The maximum absolute atomic E-state index is 15.3. The summed E-state index contributed by atoms with van der Waals surface area (Å²) in [6.07, 6.45) is 19.9. The van der Waals surface area contributed by atoms with E-state index >= 15 is 4.39 Å². The molecule has 0 aromatic heterocycles. The molecule has 0 N–H and O–H groups in total. The van der Waals surface area contributed by atoms with Crippen molar-refractivity contribution in [2.45, 2.75) is 90.9 Å². The molecule has 4 rings (SSSR count). The average molecular weight is 495 g/mol. The topological polar surface area (TPSA) is 0 Å². The Balaban J connectivity index is 1.33. The molecule has 1 fully saturated rings. The summed E-state index contributed by atoms with van der Waals surface area (Å²) in [5.74, 6) is 7.82. The van der Waals surface area contributed by atoms with E-state index in [2.05, 4.69) is 55.2 Å². The Kier molecular flexibility index (Phi) is 10.4. The van der Waals surface area contributed by atoms with Crippen molar-refractivity contribution in [2.75, 3.05) is 0 Å². The predicted molar refractivity (Wildman–Crippen MR) is 157 cm³/mol. The Morgan fingerprint density at radius 3 is 2.27 bits per heavy atom. The van der Waals surface area contributed by atoms with Gasteiger partial charge in [-0.1, -0.05) is 119 Å². The fourth-order valence-corrected chi connectivity index (χ4v) is 5.77. The summed E-state index contributed by atoms with van der Waals surface area (Å²) >= 11 is 0. The van der Waals surface area contributed by atoms with Crippen LogP contribution in [0.1, 0.15) is 100 Å². The second kappa shape index (κ2) is 14.2. The number of hydrogen-bond acceptors (Lipinski definition) is 0. The highest BCUT2D eigenvalue weighted by Crippen LogP contribution is 2.34. The first-order valence-electron chi connectivity index (χ1n) is 14.6. The van der Waals surface area contributed by atoms with Crippen molar-refractivity contribution in [3.8, 4) is 11.8 Å². The van der Waals surface area contributed by atoms with Crippen LogP contribution in [0.25, 0.3) is 10.8 Å². The molecule has 1 saturated carbocycles. The SMILES string of the molecule is C/C=C/CCc1ccc(C#Cc2ccc3cc(CCC4CCC(CCCCC)CC4)ccc3c2F)cc1.